The molecule has 96 valence electrons. The third kappa shape index (κ3) is 5.19. The van der Waals surface area contributed by atoms with Crippen molar-refractivity contribution in [3.8, 4) is 0 Å². The van der Waals surface area contributed by atoms with Crippen molar-refractivity contribution in [2.45, 2.75) is 33.1 Å². The first-order valence-corrected chi connectivity index (χ1v) is 7.42. The van der Waals surface area contributed by atoms with Gasteiger partial charge in [0.1, 0.15) is 0 Å². The molecule has 0 aliphatic carbocycles. The Kier molecular flexibility index (Phi) is 5.44. The number of benzene rings is 1. The zero-order valence-corrected chi connectivity index (χ0v) is 11.2. The summed E-state index contributed by atoms with van der Waals surface area (Å²) in [4.78, 5) is 0. The lowest BCUT2D eigenvalue weighted by Crippen LogP contribution is -2.30. The molecule has 0 aliphatic heterocycles. The summed E-state index contributed by atoms with van der Waals surface area (Å²) >= 11 is 0. The molecule has 1 rings (SSSR count). The Labute approximate surface area is 104 Å². The van der Waals surface area contributed by atoms with Gasteiger partial charge in [0, 0.05) is 12.2 Å². The van der Waals surface area contributed by atoms with Crippen molar-refractivity contribution >= 4 is 15.9 Å². The van der Waals surface area contributed by atoms with Crippen LogP contribution in [0.1, 0.15) is 32.3 Å². The summed E-state index contributed by atoms with van der Waals surface area (Å²) in [6.07, 6.45) is 2.76. The van der Waals surface area contributed by atoms with Crippen LogP contribution < -0.4 is 9.44 Å². The highest BCUT2D eigenvalue weighted by atomic mass is 32.2. The average Bonchev–Trinajstić information content (AvgIpc) is 2.30. The zero-order valence-electron chi connectivity index (χ0n) is 10.4. The molecule has 0 saturated carbocycles. The summed E-state index contributed by atoms with van der Waals surface area (Å²) in [5, 5.41) is 0. The molecule has 0 fully saturated rings. The number of unbranched alkanes of at least 4 members (excludes halogenated alkanes) is 1. The van der Waals surface area contributed by atoms with Crippen LogP contribution in [0.15, 0.2) is 24.3 Å². The van der Waals surface area contributed by atoms with Crippen LogP contribution in [0.3, 0.4) is 0 Å². The molecule has 0 unspecified atom stereocenters. The SMILES string of the molecule is CCCCNS(=O)(=O)Nc1ccc(CC)cc1. The van der Waals surface area contributed by atoms with Crippen LogP contribution >= 0.6 is 0 Å². The van der Waals surface area contributed by atoms with Crippen LogP contribution in [0.5, 0.6) is 0 Å². The van der Waals surface area contributed by atoms with Crippen molar-refractivity contribution in [2.75, 3.05) is 11.3 Å². The molecular weight excluding hydrogens is 236 g/mol. The van der Waals surface area contributed by atoms with Crippen molar-refractivity contribution in [2.24, 2.45) is 0 Å². The zero-order chi connectivity index (χ0) is 12.7. The Morgan fingerprint density at radius 2 is 1.76 bits per heavy atom. The summed E-state index contributed by atoms with van der Waals surface area (Å²) in [5.41, 5.74) is 1.78. The van der Waals surface area contributed by atoms with Gasteiger partial charge in [-0.3, -0.25) is 4.72 Å². The predicted molar refractivity (Wildman–Crippen MR) is 71.3 cm³/mol. The number of hydrogen-bond donors (Lipinski definition) is 2. The number of aryl methyl sites for hydroxylation is 1. The van der Waals surface area contributed by atoms with Crippen LogP contribution in [-0.4, -0.2) is 15.0 Å². The van der Waals surface area contributed by atoms with E-state index in [4.69, 9.17) is 0 Å². The van der Waals surface area contributed by atoms with Crippen LogP contribution in [0.4, 0.5) is 5.69 Å². The standard InChI is InChI=1S/C12H20N2O2S/c1-3-5-10-13-17(15,16)14-12-8-6-11(4-2)7-9-12/h6-9,13-14H,3-5,10H2,1-2H3. The normalized spacial score (nSPS) is 11.4. The molecule has 0 radical (unpaired) electrons. The Balaban J connectivity index is 2.56. The van der Waals surface area contributed by atoms with Gasteiger partial charge >= 0.3 is 0 Å². The van der Waals surface area contributed by atoms with Crippen molar-refractivity contribution in [1.82, 2.24) is 4.72 Å². The Morgan fingerprint density at radius 3 is 2.29 bits per heavy atom. The fourth-order valence-electron chi connectivity index (χ4n) is 1.38. The lowest BCUT2D eigenvalue weighted by atomic mass is 10.2. The van der Waals surface area contributed by atoms with E-state index in [2.05, 4.69) is 16.4 Å². The largest absolute Gasteiger partial charge is 0.299 e. The van der Waals surface area contributed by atoms with E-state index in [9.17, 15) is 8.42 Å². The molecule has 1 aromatic rings. The van der Waals surface area contributed by atoms with E-state index in [1.54, 1.807) is 12.1 Å². The van der Waals surface area contributed by atoms with Crippen LogP contribution in [0.2, 0.25) is 0 Å². The molecule has 2 N–H and O–H groups in total. The van der Waals surface area contributed by atoms with Crippen molar-refractivity contribution in [3.63, 3.8) is 0 Å². The smallest absolute Gasteiger partial charge is 0.271 e. The average molecular weight is 256 g/mol. The van der Waals surface area contributed by atoms with E-state index in [0.717, 1.165) is 19.3 Å². The highest BCUT2D eigenvalue weighted by Crippen LogP contribution is 2.10. The van der Waals surface area contributed by atoms with Crippen molar-refractivity contribution in [3.05, 3.63) is 29.8 Å². The third-order valence-electron chi connectivity index (χ3n) is 2.44. The minimum Gasteiger partial charge on any atom is -0.271 e. The highest BCUT2D eigenvalue weighted by molar-refractivity contribution is 7.90. The molecule has 0 heterocycles. The van der Waals surface area contributed by atoms with E-state index < -0.39 is 10.2 Å². The first kappa shape index (κ1) is 14.0. The Bertz CT molecular complexity index is 426. The Morgan fingerprint density at radius 1 is 1.12 bits per heavy atom. The summed E-state index contributed by atoms with van der Waals surface area (Å²) in [6, 6.07) is 7.39. The molecule has 0 aromatic heterocycles. The van der Waals surface area contributed by atoms with Crippen molar-refractivity contribution in [1.29, 1.82) is 0 Å². The first-order valence-electron chi connectivity index (χ1n) is 5.93. The van der Waals surface area contributed by atoms with E-state index in [1.807, 2.05) is 19.1 Å². The topological polar surface area (TPSA) is 58.2 Å². The Hall–Kier alpha value is -1.07. The molecule has 5 heteroatoms. The van der Waals surface area contributed by atoms with E-state index in [-0.39, 0.29) is 0 Å². The lowest BCUT2D eigenvalue weighted by molar-refractivity contribution is 0.584. The minimum absolute atomic E-state index is 0.471. The van der Waals surface area contributed by atoms with Crippen LogP contribution in [-0.2, 0) is 16.6 Å². The molecule has 0 saturated heterocycles. The maximum Gasteiger partial charge on any atom is 0.299 e. The minimum atomic E-state index is -3.43. The van der Waals surface area contributed by atoms with Gasteiger partial charge in [-0.1, -0.05) is 32.4 Å². The highest BCUT2D eigenvalue weighted by Gasteiger charge is 2.07. The number of hydrogen-bond acceptors (Lipinski definition) is 2. The van der Waals surface area contributed by atoms with E-state index >= 15 is 0 Å². The second kappa shape index (κ2) is 6.61. The maximum absolute atomic E-state index is 11.6. The molecule has 0 amide bonds. The van der Waals surface area contributed by atoms with E-state index in [0.29, 0.717) is 12.2 Å². The molecule has 0 spiro atoms. The molecule has 0 bridgehead atoms. The quantitative estimate of drug-likeness (QED) is 0.735. The monoisotopic (exact) mass is 256 g/mol. The van der Waals surface area contributed by atoms with Gasteiger partial charge in [-0.25, -0.2) is 0 Å². The molecule has 4 nitrogen and oxygen atoms in total. The molecule has 0 aliphatic rings. The fraction of sp³-hybridized carbons (Fsp3) is 0.500. The number of anilines is 1. The molecule has 17 heavy (non-hydrogen) atoms. The second-order valence-electron chi connectivity index (χ2n) is 3.90. The van der Waals surface area contributed by atoms with Gasteiger partial charge in [0.25, 0.3) is 10.2 Å². The third-order valence-corrected chi connectivity index (χ3v) is 3.53. The molecule has 0 atom stereocenters. The second-order valence-corrected chi connectivity index (χ2v) is 5.40. The van der Waals surface area contributed by atoms with Crippen LogP contribution in [0, 0.1) is 0 Å². The predicted octanol–water partition coefficient (Wildman–Crippen LogP) is 2.30. The van der Waals surface area contributed by atoms with Gasteiger partial charge in [0.2, 0.25) is 0 Å². The first-order chi connectivity index (χ1) is 8.07. The molecule has 1 aromatic carbocycles. The maximum atomic E-state index is 11.6. The van der Waals surface area contributed by atoms with Gasteiger partial charge in [-0.2, -0.15) is 13.1 Å². The summed E-state index contributed by atoms with van der Waals surface area (Å²) in [7, 11) is -3.43. The number of rotatable bonds is 7. The van der Waals surface area contributed by atoms with Gasteiger partial charge in [0.05, 0.1) is 0 Å². The van der Waals surface area contributed by atoms with Gasteiger partial charge in [0.15, 0.2) is 0 Å². The summed E-state index contributed by atoms with van der Waals surface area (Å²) in [6.45, 7) is 4.55. The van der Waals surface area contributed by atoms with Crippen molar-refractivity contribution < 1.29 is 8.42 Å². The van der Waals surface area contributed by atoms with Gasteiger partial charge in [-0.05, 0) is 30.5 Å². The van der Waals surface area contributed by atoms with Gasteiger partial charge in [-0.15, -0.1) is 0 Å². The summed E-state index contributed by atoms with van der Waals surface area (Å²) < 4.78 is 28.2. The lowest BCUT2D eigenvalue weighted by Gasteiger charge is -2.09. The van der Waals surface area contributed by atoms with Gasteiger partial charge < -0.3 is 0 Å². The fourth-order valence-corrected chi connectivity index (χ4v) is 2.31. The van der Waals surface area contributed by atoms with Crippen LogP contribution in [0.25, 0.3) is 0 Å². The number of nitrogens with one attached hydrogen (secondary N) is 2. The summed E-state index contributed by atoms with van der Waals surface area (Å²) in [5.74, 6) is 0. The van der Waals surface area contributed by atoms with E-state index in [1.165, 1.54) is 5.56 Å². The molecular formula is C12H20N2O2S.